The molecule has 2 N–H and O–H groups in total. The van der Waals surface area contributed by atoms with Crippen molar-refractivity contribution in [2.45, 2.75) is 19.6 Å². The number of nitrogens with zero attached hydrogens (tertiary/aromatic N) is 1. The molecule has 0 fully saturated rings. The normalized spacial score (nSPS) is 17.3. The van der Waals surface area contributed by atoms with Gasteiger partial charge in [0, 0.05) is 29.5 Å². The Morgan fingerprint density at radius 1 is 0.906 bits per heavy atom. The summed E-state index contributed by atoms with van der Waals surface area (Å²) in [7, 11) is 0. The fourth-order valence-electron chi connectivity index (χ4n) is 3.30. The summed E-state index contributed by atoms with van der Waals surface area (Å²) in [6.45, 7) is 5.40. The molecular formula is C23H29BrN2O6. The van der Waals surface area contributed by atoms with Gasteiger partial charge < -0.3 is 29.4 Å². The highest BCUT2D eigenvalue weighted by Crippen LogP contribution is 2.28. The van der Waals surface area contributed by atoms with Crippen LogP contribution in [-0.2, 0) is 38.6 Å². The van der Waals surface area contributed by atoms with Crippen LogP contribution in [0.5, 0.6) is 5.75 Å². The third-order valence-electron chi connectivity index (χ3n) is 4.79. The molecule has 0 aliphatic carbocycles. The standard InChI is InChI=1S/C23H29BrN2O6/c24-20-12-18(23(28)19(13-20)14-27)9-17-10-21-15-31-7-5-29-3-1-25-2-4-30-6-8-32-16-22(11-17)26-21/h10-14,25,28H,1-9,15-16H2. The summed E-state index contributed by atoms with van der Waals surface area (Å²) in [5.41, 5.74) is 3.38. The van der Waals surface area contributed by atoms with Gasteiger partial charge in [-0.3, -0.25) is 9.78 Å². The van der Waals surface area contributed by atoms with Crippen molar-refractivity contribution >= 4 is 22.2 Å². The van der Waals surface area contributed by atoms with E-state index in [-0.39, 0.29) is 11.3 Å². The number of rotatable bonds is 3. The van der Waals surface area contributed by atoms with Crippen LogP contribution in [0.15, 0.2) is 28.7 Å². The average molecular weight is 509 g/mol. The molecule has 0 saturated carbocycles. The quantitative estimate of drug-likeness (QED) is 0.610. The lowest BCUT2D eigenvalue weighted by molar-refractivity contribution is 0.0324. The third kappa shape index (κ3) is 8.23. The van der Waals surface area contributed by atoms with Crippen molar-refractivity contribution in [2.24, 2.45) is 0 Å². The summed E-state index contributed by atoms with van der Waals surface area (Å²) in [5, 5.41) is 13.7. The Hall–Kier alpha value is -1.88. The largest absolute Gasteiger partial charge is 0.507 e. The number of aromatic hydroxyl groups is 1. The monoisotopic (exact) mass is 508 g/mol. The highest BCUT2D eigenvalue weighted by Gasteiger charge is 2.12. The van der Waals surface area contributed by atoms with Crippen LogP contribution in [0.1, 0.15) is 32.9 Å². The first-order chi connectivity index (χ1) is 15.7. The van der Waals surface area contributed by atoms with Gasteiger partial charge in [0.2, 0.25) is 0 Å². The maximum atomic E-state index is 11.3. The Balaban J connectivity index is 1.74. The van der Waals surface area contributed by atoms with Crippen LogP contribution in [0.4, 0.5) is 0 Å². The topological polar surface area (TPSA) is 99.1 Å². The average Bonchev–Trinajstić information content (AvgIpc) is 2.78. The highest BCUT2D eigenvalue weighted by atomic mass is 79.9. The minimum atomic E-state index is -0.0131. The van der Waals surface area contributed by atoms with E-state index in [9.17, 15) is 9.90 Å². The van der Waals surface area contributed by atoms with Crippen LogP contribution in [0.2, 0.25) is 0 Å². The highest BCUT2D eigenvalue weighted by molar-refractivity contribution is 9.10. The predicted molar refractivity (Wildman–Crippen MR) is 122 cm³/mol. The molecule has 174 valence electrons. The van der Waals surface area contributed by atoms with Gasteiger partial charge in [0.1, 0.15) is 5.75 Å². The molecule has 1 aromatic carbocycles. The number of fused-ring (bicyclic) bond motifs is 2. The number of halogens is 1. The Bertz CT molecular complexity index is 846. The molecule has 0 atom stereocenters. The van der Waals surface area contributed by atoms with E-state index in [1.54, 1.807) is 6.07 Å². The van der Waals surface area contributed by atoms with Crippen LogP contribution < -0.4 is 5.32 Å². The number of carbonyl (C=O) groups is 1. The van der Waals surface area contributed by atoms with E-state index >= 15 is 0 Å². The number of hydrogen-bond acceptors (Lipinski definition) is 8. The zero-order valence-electron chi connectivity index (χ0n) is 18.0. The van der Waals surface area contributed by atoms with Gasteiger partial charge in [0.25, 0.3) is 0 Å². The maximum absolute atomic E-state index is 11.3. The molecule has 1 aliphatic heterocycles. The maximum Gasteiger partial charge on any atom is 0.153 e. The molecular weight excluding hydrogens is 480 g/mol. The fraction of sp³-hybridized carbons (Fsp3) is 0.478. The van der Waals surface area contributed by atoms with Gasteiger partial charge in [-0.15, -0.1) is 0 Å². The third-order valence-corrected chi connectivity index (χ3v) is 5.24. The smallest absolute Gasteiger partial charge is 0.153 e. The molecule has 0 saturated heterocycles. The van der Waals surface area contributed by atoms with E-state index in [1.165, 1.54) is 0 Å². The van der Waals surface area contributed by atoms with Crippen molar-refractivity contribution in [3.8, 4) is 5.75 Å². The van der Waals surface area contributed by atoms with Crippen molar-refractivity contribution in [3.63, 3.8) is 0 Å². The number of aldehydes is 1. The summed E-state index contributed by atoms with van der Waals surface area (Å²) >= 11 is 3.40. The summed E-state index contributed by atoms with van der Waals surface area (Å²) in [4.78, 5) is 15.9. The molecule has 32 heavy (non-hydrogen) atoms. The van der Waals surface area contributed by atoms with Gasteiger partial charge in [0.15, 0.2) is 6.29 Å². The van der Waals surface area contributed by atoms with E-state index in [0.717, 1.165) is 34.5 Å². The van der Waals surface area contributed by atoms with Gasteiger partial charge >= 0.3 is 0 Å². The molecule has 2 bridgehead atoms. The second-order valence-electron chi connectivity index (χ2n) is 7.34. The molecule has 9 heteroatoms. The van der Waals surface area contributed by atoms with Crippen LogP contribution in [0.3, 0.4) is 0 Å². The lowest BCUT2D eigenvalue weighted by Crippen LogP contribution is -2.25. The van der Waals surface area contributed by atoms with Crippen LogP contribution in [-0.4, -0.2) is 69.1 Å². The minimum Gasteiger partial charge on any atom is -0.507 e. The fourth-order valence-corrected chi connectivity index (χ4v) is 3.82. The second-order valence-corrected chi connectivity index (χ2v) is 8.25. The molecule has 1 aromatic heterocycles. The van der Waals surface area contributed by atoms with E-state index in [2.05, 4.69) is 26.2 Å². The molecule has 2 heterocycles. The Morgan fingerprint density at radius 2 is 1.50 bits per heavy atom. The van der Waals surface area contributed by atoms with Crippen LogP contribution >= 0.6 is 15.9 Å². The zero-order chi connectivity index (χ0) is 22.6. The van der Waals surface area contributed by atoms with Crippen molar-refractivity contribution in [1.29, 1.82) is 0 Å². The molecule has 1 aliphatic rings. The summed E-state index contributed by atoms with van der Waals surface area (Å²) in [5.74, 6) is -0.0131. The van der Waals surface area contributed by atoms with Crippen LogP contribution in [0, 0.1) is 0 Å². The van der Waals surface area contributed by atoms with Crippen molar-refractivity contribution in [1.82, 2.24) is 10.3 Å². The Kier molecular flexibility index (Phi) is 10.5. The Labute approximate surface area is 196 Å². The predicted octanol–water partition coefficient (Wildman–Crippen LogP) is 2.62. The SMILES string of the molecule is O=Cc1cc(Br)cc(Cc2cc3nc(c2)COCCOCCNCCOCCOC3)c1O. The number of benzene rings is 1. The van der Waals surface area contributed by atoms with E-state index in [1.807, 2.05) is 18.2 Å². The first-order valence-corrected chi connectivity index (χ1v) is 11.4. The molecule has 8 nitrogen and oxygen atoms in total. The molecule has 3 rings (SSSR count). The first-order valence-electron chi connectivity index (χ1n) is 10.6. The lowest BCUT2D eigenvalue weighted by Gasteiger charge is -2.13. The molecule has 2 aromatic rings. The van der Waals surface area contributed by atoms with Gasteiger partial charge in [-0.2, -0.15) is 0 Å². The Morgan fingerprint density at radius 3 is 2.09 bits per heavy atom. The second kappa shape index (κ2) is 13.6. The lowest BCUT2D eigenvalue weighted by atomic mass is 10.0. The number of phenols is 1. The van der Waals surface area contributed by atoms with Gasteiger partial charge in [-0.25, -0.2) is 0 Å². The molecule has 0 unspecified atom stereocenters. The minimum absolute atomic E-state index is 0.0131. The van der Waals surface area contributed by atoms with Crippen LogP contribution in [0.25, 0.3) is 0 Å². The molecule has 0 amide bonds. The van der Waals surface area contributed by atoms with Gasteiger partial charge in [0.05, 0.1) is 69.8 Å². The van der Waals surface area contributed by atoms with E-state index in [0.29, 0.717) is 71.1 Å². The summed E-state index contributed by atoms with van der Waals surface area (Å²) in [6, 6.07) is 7.28. The summed E-state index contributed by atoms with van der Waals surface area (Å²) in [6.07, 6.45) is 1.09. The van der Waals surface area contributed by atoms with Crippen molar-refractivity contribution in [2.75, 3.05) is 52.7 Å². The number of hydrogen-bond donors (Lipinski definition) is 2. The van der Waals surface area contributed by atoms with Crippen molar-refractivity contribution in [3.05, 3.63) is 56.8 Å². The molecule has 0 spiro atoms. The van der Waals surface area contributed by atoms with Crippen molar-refractivity contribution < 1.29 is 28.8 Å². The summed E-state index contributed by atoms with van der Waals surface area (Å²) < 4.78 is 23.3. The number of aromatic nitrogens is 1. The first kappa shape index (κ1) is 24.8. The van der Waals surface area contributed by atoms with Gasteiger partial charge in [-0.05, 0) is 29.8 Å². The number of carbonyl (C=O) groups excluding carboxylic acids is 1. The number of phenolic OH excluding ortho intramolecular Hbond substituents is 1. The van der Waals surface area contributed by atoms with Gasteiger partial charge in [-0.1, -0.05) is 15.9 Å². The van der Waals surface area contributed by atoms with E-state index in [4.69, 9.17) is 18.9 Å². The molecule has 0 radical (unpaired) electrons. The number of nitrogens with one attached hydrogen (secondary N) is 1. The number of pyridine rings is 1. The number of ether oxygens (including phenoxy) is 4. The zero-order valence-corrected chi connectivity index (χ0v) is 19.6. The van der Waals surface area contributed by atoms with E-state index < -0.39 is 0 Å².